The number of aryl methyl sites for hydroxylation is 2. The van der Waals surface area contributed by atoms with Gasteiger partial charge in [0.15, 0.2) is 5.65 Å². The Kier molecular flexibility index (Phi) is 3.90. The fraction of sp³-hybridized carbons (Fsp3) is 0.167. The molecule has 1 N–H and O–H groups in total. The topological polar surface area (TPSA) is 63.7 Å². The van der Waals surface area contributed by atoms with E-state index in [0.29, 0.717) is 0 Å². The van der Waals surface area contributed by atoms with Crippen LogP contribution in [0.5, 0.6) is 5.75 Å². The van der Waals surface area contributed by atoms with Crippen LogP contribution in [0.4, 0.5) is 0 Å². The average molecular weight is 383 g/mol. The maximum Gasteiger partial charge on any atom is 0.178 e. The lowest BCUT2D eigenvalue weighted by Gasteiger charge is -2.02. The molecular weight excluding hydrogens is 368 g/mol. The zero-order valence-electron chi connectivity index (χ0n) is 13.1. The van der Waals surface area contributed by atoms with Crippen molar-refractivity contribution in [2.45, 2.75) is 12.8 Å². The number of aromatic nitrogens is 4. The molecule has 0 radical (unpaired) electrons. The molecule has 0 unspecified atom stereocenters. The third-order valence-electron chi connectivity index (χ3n) is 3.92. The third-order valence-corrected chi connectivity index (χ3v) is 4.41. The lowest BCUT2D eigenvalue weighted by Crippen LogP contribution is -1.96. The zero-order chi connectivity index (χ0) is 16.5. The molecule has 120 valence electrons. The van der Waals surface area contributed by atoms with Crippen LogP contribution in [0.1, 0.15) is 11.5 Å². The van der Waals surface area contributed by atoms with Gasteiger partial charge >= 0.3 is 0 Å². The lowest BCUT2D eigenvalue weighted by atomic mass is 10.2. The van der Waals surface area contributed by atoms with Crippen LogP contribution < -0.4 is 4.74 Å². The highest BCUT2D eigenvalue weighted by atomic mass is 79.9. The summed E-state index contributed by atoms with van der Waals surface area (Å²) in [4.78, 5) is 17.0. The Morgan fingerprint density at radius 3 is 2.88 bits per heavy atom. The minimum absolute atomic E-state index is 0.749. The Morgan fingerprint density at radius 2 is 2.00 bits per heavy atom. The van der Waals surface area contributed by atoms with Crippen molar-refractivity contribution in [1.82, 2.24) is 19.9 Å². The van der Waals surface area contributed by atoms with Gasteiger partial charge in [0.05, 0.1) is 18.1 Å². The van der Waals surface area contributed by atoms with E-state index in [9.17, 15) is 0 Å². The first kappa shape index (κ1) is 15.1. The van der Waals surface area contributed by atoms with Gasteiger partial charge in [0.25, 0.3) is 0 Å². The van der Waals surface area contributed by atoms with Gasteiger partial charge in [0.2, 0.25) is 0 Å². The number of halogens is 1. The largest absolute Gasteiger partial charge is 0.497 e. The van der Waals surface area contributed by atoms with Crippen LogP contribution in [0.3, 0.4) is 0 Å². The van der Waals surface area contributed by atoms with Crippen LogP contribution in [-0.2, 0) is 12.8 Å². The van der Waals surface area contributed by atoms with E-state index in [1.165, 1.54) is 0 Å². The maximum atomic E-state index is 5.23. The van der Waals surface area contributed by atoms with Gasteiger partial charge in [-0.1, -0.05) is 15.9 Å². The highest BCUT2D eigenvalue weighted by molar-refractivity contribution is 9.10. The van der Waals surface area contributed by atoms with E-state index in [0.717, 1.165) is 56.6 Å². The molecule has 0 aliphatic heterocycles. The number of hydrogen-bond donors (Lipinski definition) is 1. The molecule has 0 fully saturated rings. The van der Waals surface area contributed by atoms with Crippen LogP contribution in [-0.4, -0.2) is 27.0 Å². The number of rotatable bonds is 4. The lowest BCUT2D eigenvalue weighted by molar-refractivity contribution is 0.413. The average Bonchev–Trinajstić information content (AvgIpc) is 2.99. The molecule has 5 nitrogen and oxygen atoms in total. The van der Waals surface area contributed by atoms with Crippen molar-refractivity contribution in [3.63, 3.8) is 0 Å². The molecule has 1 aromatic carbocycles. The monoisotopic (exact) mass is 382 g/mol. The summed E-state index contributed by atoms with van der Waals surface area (Å²) in [6.07, 6.45) is 3.33. The van der Waals surface area contributed by atoms with Crippen LogP contribution in [0.25, 0.3) is 22.1 Å². The number of pyridine rings is 2. The number of nitrogens with one attached hydrogen (secondary N) is 1. The smallest absolute Gasteiger partial charge is 0.178 e. The summed E-state index contributed by atoms with van der Waals surface area (Å²) in [7, 11) is 1.66. The summed E-state index contributed by atoms with van der Waals surface area (Å²) in [6.45, 7) is 0. The predicted molar refractivity (Wildman–Crippen MR) is 97.3 cm³/mol. The van der Waals surface area contributed by atoms with E-state index < -0.39 is 0 Å². The normalized spacial score (nSPS) is 11.2. The standard InChI is InChI=1S/C18H15BrN4O/c1-24-14-6-7-20-13(10-14)3-5-17-21-16-9-11-8-12(19)2-4-15(11)22-18(16)23-17/h2,4,6-10H,3,5H2,1H3,(H,21,22,23). The fourth-order valence-corrected chi connectivity index (χ4v) is 3.09. The Hall–Kier alpha value is -2.47. The van der Waals surface area contributed by atoms with Gasteiger partial charge in [0, 0.05) is 34.2 Å². The van der Waals surface area contributed by atoms with Gasteiger partial charge in [-0.05, 0) is 36.8 Å². The summed E-state index contributed by atoms with van der Waals surface area (Å²) < 4.78 is 6.27. The molecule has 0 aliphatic rings. The van der Waals surface area contributed by atoms with Crippen molar-refractivity contribution in [2.75, 3.05) is 7.11 Å². The predicted octanol–water partition coefficient (Wildman–Crippen LogP) is 4.06. The van der Waals surface area contributed by atoms with Crippen molar-refractivity contribution in [3.05, 3.63) is 58.6 Å². The van der Waals surface area contributed by atoms with Crippen LogP contribution >= 0.6 is 15.9 Å². The second-order valence-corrected chi connectivity index (χ2v) is 6.48. The van der Waals surface area contributed by atoms with E-state index in [-0.39, 0.29) is 0 Å². The van der Waals surface area contributed by atoms with Gasteiger partial charge in [-0.3, -0.25) is 4.98 Å². The highest BCUT2D eigenvalue weighted by Crippen LogP contribution is 2.22. The number of nitrogens with zero attached hydrogens (tertiary/aromatic N) is 3. The molecule has 24 heavy (non-hydrogen) atoms. The molecule has 0 atom stereocenters. The van der Waals surface area contributed by atoms with E-state index >= 15 is 0 Å². The number of imidazole rings is 1. The number of ether oxygens (including phenoxy) is 1. The molecule has 0 amide bonds. The van der Waals surface area contributed by atoms with Crippen LogP contribution in [0, 0.1) is 0 Å². The van der Waals surface area contributed by atoms with E-state index in [4.69, 9.17) is 4.74 Å². The second-order valence-electron chi connectivity index (χ2n) is 5.57. The van der Waals surface area contributed by atoms with Crippen LogP contribution in [0.2, 0.25) is 0 Å². The minimum Gasteiger partial charge on any atom is -0.497 e. The van der Waals surface area contributed by atoms with Crippen molar-refractivity contribution < 1.29 is 4.74 Å². The van der Waals surface area contributed by atoms with Gasteiger partial charge in [-0.25, -0.2) is 9.97 Å². The quantitative estimate of drug-likeness (QED) is 0.577. The molecule has 0 bridgehead atoms. The Bertz CT molecular complexity index is 1030. The van der Waals surface area contributed by atoms with Gasteiger partial charge in [0.1, 0.15) is 11.6 Å². The van der Waals surface area contributed by atoms with E-state index in [1.54, 1.807) is 13.3 Å². The SMILES string of the molecule is COc1ccnc(CCc2nc3nc4ccc(Br)cc4cc3[nH]2)c1. The van der Waals surface area contributed by atoms with Gasteiger partial charge in [-0.15, -0.1) is 0 Å². The summed E-state index contributed by atoms with van der Waals surface area (Å²) in [5, 5.41) is 1.08. The molecule has 0 saturated heterocycles. The molecule has 4 aromatic rings. The van der Waals surface area contributed by atoms with Gasteiger partial charge in [-0.2, -0.15) is 0 Å². The molecule has 0 aliphatic carbocycles. The summed E-state index contributed by atoms with van der Waals surface area (Å²) >= 11 is 3.49. The number of benzene rings is 1. The molecule has 6 heteroatoms. The molecule has 4 rings (SSSR count). The second kappa shape index (κ2) is 6.20. The molecular formula is C18H15BrN4O. The van der Waals surface area contributed by atoms with Gasteiger partial charge < -0.3 is 9.72 Å². The fourth-order valence-electron chi connectivity index (χ4n) is 2.71. The van der Waals surface area contributed by atoms with Crippen molar-refractivity contribution in [2.24, 2.45) is 0 Å². The number of hydrogen-bond acceptors (Lipinski definition) is 4. The molecule has 3 aromatic heterocycles. The first-order chi connectivity index (χ1) is 11.7. The summed E-state index contributed by atoms with van der Waals surface area (Å²) in [6, 6.07) is 11.9. The van der Waals surface area contributed by atoms with Crippen LogP contribution in [0.15, 0.2) is 47.1 Å². The summed E-state index contributed by atoms with van der Waals surface area (Å²) in [5.41, 5.74) is 3.63. The Balaban J connectivity index is 1.61. The van der Waals surface area contributed by atoms with E-state index in [2.05, 4.69) is 48.0 Å². The maximum absolute atomic E-state index is 5.23. The summed E-state index contributed by atoms with van der Waals surface area (Å²) in [5.74, 6) is 1.74. The van der Waals surface area contributed by atoms with E-state index in [1.807, 2.05) is 24.3 Å². The first-order valence-electron chi connectivity index (χ1n) is 7.65. The highest BCUT2D eigenvalue weighted by Gasteiger charge is 2.07. The number of aromatic amines is 1. The molecule has 0 saturated carbocycles. The minimum atomic E-state index is 0.749. The van der Waals surface area contributed by atoms with Crippen molar-refractivity contribution in [1.29, 1.82) is 0 Å². The number of fused-ring (bicyclic) bond motifs is 2. The number of methoxy groups -OCH3 is 1. The zero-order valence-corrected chi connectivity index (χ0v) is 14.7. The first-order valence-corrected chi connectivity index (χ1v) is 8.44. The number of H-pyrrole nitrogens is 1. The molecule has 3 heterocycles. The third kappa shape index (κ3) is 2.97. The molecule has 0 spiro atoms. The van der Waals surface area contributed by atoms with Crippen molar-refractivity contribution in [3.8, 4) is 5.75 Å². The van der Waals surface area contributed by atoms with Crippen molar-refractivity contribution >= 4 is 38.0 Å². The Labute approximate surface area is 147 Å². The Morgan fingerprint density at radius 1 is 1.08 bits per heavy atom.